The minimum Gasteiger partial charge on any atom is -0.322 e. The Kier molecular flexibility index (Phi) is 6.80. The van der Waals surface area contributed by atoms with Gasteiger partial charge in [0.2, 0.25) is 0 Å². The molecule has 0 radical (unpaired) electrons. The van der Waals surface area contributed by atoms with Crippen LogP contribution in [0.1, 0.15) is 30.0 Å². The summed E-state index contributed by atoms with van der Waals surface area (Å²) in [6, 6.07) is 28.3. The van der Waals surface area contributed by atoms with E-state index in [9.17, 15) is 18.9 Å². The van der Waals surface area contributed by atoms with E-state index in [2.05, 4.69) is 0 Å². The van der Waals surface area contributed by atoms with Crippen molar-refractivity contribution in [3.05, 3.63) is 108 Å². The Bertz CT molecular complexity index is 1120. The highest BCUT2D eigenvalue weighted by atomic mass is 31.2. The predicted octanol–water partition coefficient (Wildman–Crippen LogP) is 5.93. The minimum absolute atomic E-state index is 0.0146. The molecular formula is C25H28O6P2. The second kappa shape index (κ2) is 9.31. The van der Waals surface area contributed by atoms with Crippen molar-refractivity contribution in [2.75, 3.05) is 0 Å². The maximum atomic E-state index is 14.5. The molecule has 0 spiro atoms. The zero-order valence-corrected chi connectivity index (χ0v) is 20.2. The first kappa shape index (κ1) is 24.1. The van der Waals surface area contributed by atoms with E-state index >= 15 is 0 Å². The smallest absolute Gasteiger partial charge is 0.322 e. The maximum absolute atomic E-state index is 14.5. The summed E-state index contributed by atoms with van der Waals surface area (Å²) in [4.78, 5) is 20.3. The van der Waals surface area contributed by atoms with Crippen LogP contribution < -0.4 is 0 Å². The Hall–Kier alpha value is -2.04. The van der Waals surface area contributed by atoms with E-state index in [1.54, 1.807) is 0 Å². The second-order valence-electron chi connectivity index (χ2n) is 8.79. The molecule has 2 N–H and O–H groups in total. The van der Waals surface area contributed by atoms with Crippen LogP contribution in [0.3, 0.4) is 0 Å². The number of benzene rings is 3. The molecule has 174 valence electrons. The van der Waals surface area contributed by atoms with Crippen LogP contribution in [0.2, 0.25) is 0 Å². The Morgan fingerprint density at radius 2 is 1.27 bits per heavy atom. The van der Waals surface area contributed by atoms with Gasteiger partial charge in [0.15, 0.2) is 5.34 Å². The fourth-order valence-corrected chi connectivity index (χ4v) is 8.53. The molecule has 3 aromatic rings. The lowest BCUT2D eigenvalue weighted by atomic mass is 9.87. The van der Waals surface area contributed by atoms with Gasteiger partial charge in [0, 0.05) is 6.42 Å². The zero-order chi connectivity index (χ0) is 23.6. The molecule has 2 atom stereocenters. The molecule has 8 heteroatoms. The van der Waals surface area contributed by atoms with Crippen LogP contribution in [0.25, 0.3) is 0 Å². The quantitative estimate of drug-likeness (QED) is 0.383. The first-order valence-corrected chi connectivity index (χ1v) is 13.9. The van der Waals surface area contributed by atoms with Crippen LogP contribution in [0.5, 0.6) is 0 Å². The van der Waals surface area contributed by atoms with Gasteiger partial charge in [0.25, 0.3) is 0 Å². The van der Waals surface area contributed by atoms with E-state index in [0.717, 1.165) is 16.7 Å². The number of hydrogen-bond acceptors (Lipinski definition) is 4. The van der Waals surface area contributed by atoms with E-state index < -0.39 is 25.7 Å². The lowest BCUT2D eigenvalue weighted by molar-refractivity contribution is 0.125. The van der Waals surface area contributed by atoms with Gasteiger partial charge < -0.3 is 14.3 Å². The monoisotopic (exact) mass is 486 g/mol. The van der Waals surface area contributed by atoms with E-state index in [-0.39, 0.29) is 13.0 Å². The van der Waals surface area contributed by atoms with E-state index in [1.165, 1.54) is 6.92 Å². The van der Waals surface area contributed by atoms with Crippen molar-refractivity contribution in [1.82, 2.24) is 0 Å². The van der Waals surface area contributed by atoms with Crippen LogP contribution in [0, 0.1) is 0 Å². The van der Waals surface area contributed by atoms with Crippen molar-refractivity contribution >= 4 is 15.2 Å². The Morgan fingerprint density at radius 3 is 1.70 bits per heavy atom. The van der Waals surface area contributed by atoms with Crippen LogP contribution in [-0.2, 0) is 37.6 Å². The van der Waals surface area contributed by atoms with Crippen molar-refractivity contribution in [3.8, 4) is 0 Å². The lowest BCUT2D eigenvalue weighted by Crippen LogP contribution is -2.35. The minimum atomic E-state index is -4.76. The summed E-state index contributed by atoms with van der Waals surface area (Å²) in [5.41, 5.74) is 2.60. The molecule has 1 aliphatic heterocycles. The Labute approximate surface area is 194 Å². The standard InChI is InChI=1S/C25H28O6P2/c1-24(32(26,27)28)20-25(17-21-11-5-2-6-12-21,18-22-13-7-3-8-14-22)33(29,31-24)30-19-23-15-9-4-10-16-23/h2-16H,17-20H2,1H3,(H2,26,27,28). The van der Waals surface area contributed by atoms with Crippen LogP contribution in [0.15, 0.2) is 91.0 Å². The first-order valence-electron chi connectivity index (χ1n) is 10.8. The average Bonchev–Trinajstić information content (AvgIpc) is 3.01. The maximum Gasteiger partial charge on any atom is 0.357 e. The van der Waals surface area contributed by atoms with E-state index in [4.69, 9.17) is 9.05 Å². The Balaban J connectivity index is 1.80. The van der Waals surface area contributed by atoms with Crippen LogP contribution in [0.4, 0.5) is 0 Å². The molecular weight excluding hydrogens is 458 g/mol. The van der Waals surface area contributed by atoms with Crippen LogP contribution in [-0.4, -0.2) is 20.3 Å². The normalized spacial score (nSPS) is 24.6. The summed E-state index contributed by atoms with van der Waals surface area (Å²) in [6.07, 6.45) is 0.495. The van der Waals surface area contributed by atoms with Crippen molar-refractivity contribution in [1.29, 1.82) is 0 Å². The third-order valence-corrected chi connectivity index (χ3v) is 10.5. The zero-order valence-electron chi connectivity index (χ0n) is 18.4. The summed E-state index contributed by atoms with van der Waals surface area (Å²) < 4.78 is 38.9. The SMILES string of the molecule is CC1(P(=O)(O)O)CC(Cc2ccccc2)(Cc2ccccc2)P(=O)(OCc2ccccc2)O1. The molecule has 0 aliphatic carbocycles. The summed E-state index contributed by atoms with van der Waals surface area (Å²) in [7, 11) is -8.78. The van der Waals surface area contributed by atoms with Gasteiger partial charge in [0.05, 0.1) is 11.8 Å². The van der Waals surface area contributed by atoms with Gasteiger partial charge in [-0.25, -0.2) is 0 Å². The van der Waals surface area contributed by atoms with E-state index in [1.807, 2.05) is 91.0 Å². The molecule has 4 rings (SSSR count). The Morgan fingerprint density at radius 1 is 0.848 bits per heavy atom. The topological polar surface area (TPSA) is 93.1 Å². The molecule has 1 fully saturated rings. The molecule has 1 saturated heterocycles. The van der Waals surface area contributed by atoms with Gasteiger partial charge in [-0.2, -0.15) is 0 Å². The molecule has 1 aliphatic rings. The van der Waals surface area contributed by atoms with Gasteiger partial charge >= 0.3 is 15.2 Å². The predicted molar refractivity (Wildman–Crippen MR) is 128 cm³/mol. The van der Waals surface area contributed by atoms with Gasteiger partial charge in [-0.1, -0.05) is 91.0 Å². The van der Waals surface area contributed by atoms with Crippen molar-refractivity contribution in [3.63, 3.8) is 0 Å². The summed E-state index contributed by atoms with van der Waals surface area (Å²) >= 11 is 0. The average molecular weight is 486 g/mol. The molecule has 0 saturated carbocycles. The lowest BCUT2D eigenvalue weighted by Gasteiger charge is -2.33. The van der Waals surface area contributed by atoms with Gasteiger partial charge in [-0.05, 0) is 36.5 Å². The second-order valence-corrected chi connectivity index (χ2v) is 13.2. The fraction of sp³-hybridized carbons (Fsp3) is 0.280. The number of rotatable bonds is 8. The highest BCUT2D eigenvalue weighted by Crippen LogP contribution is 2.78. The fourth-order valence-electron chi connectivity index (χ4n) is 4.48. The van der Waals surface area contributed by atoms with Crippen molar-refractivity contribution in [2.24, 2.45) is 0 Å². The molecule has 33 heavy (non-hydrogen) atoms. The van der Waals surface area contributed by atoms with Gasteiger partial charge in [0.1, 0.15) is 0 Å². The van der Waals surface area contributed by atoms with E-state index in [0.29, 0.717) is 12.8 Å². The van der Waals surface area contributed by atoms with Crippen LogP contribution >= 0.6 is 15.2 Å². The summed E-state index contributed by atoms with van der Waals surface area (Å²) in [5, 5.41) is -3.07. The summed E-state index contributed by atoms with van der Waals surface area (Å²) in [6.45, 7) is 1.35. The largest absolute Gasteiger partial charge is 0.357 e. The molecule has 2 unspecified atom stereocenters. The molecule has 1 heterocycles. The molecule has 0 aromatic heterocycles. The van der Waals surface area contributed by atoms with Crippen molar-refractivity contribution in [2.45, 2.75) is 43.3 Å². The van der Waals surface area contributed by atoms with Gasteiger partial charge in [-0.15, -0.1) is 0 Å². The third kappa shape index (κ3) is 5.07. The first-order chi connectivity index (χ1) is 15.6. The van der Waals surface area contributed by atoms with Crippen molar-refractivity contribution < 1.29 is 28.0 Å². The highest BCUT2D eigenvalue weighted by molar-refractivity contribution is 7.59. The number of hydrogen-bond donors (Lipinski definition) is 2. The third-order valence-electron chi connectivity index (χ3n) is 6.17. The molecule has 6 nitrogen and oxygen atoms in total. The molecule has 3 aromatic carbocycles. The van der Waals surface area contributed by atoms with Gasteiger partial charge in [-0.3, -0.25) is 13.7 Å². The molecule has 0 amide bonds. The molecule has 0 bridgehead atoms. The highest BCUT2D eigenvalue weighted by Gasteiger charge is 2.68. The summed E-state index contributed by atoms with van der Waals surface area (Å²) in [5.74, 6) is 0.